The van der Waals surface area contributed by atoms with E-state index < -0.39 is 11.9 Å². The number of hydrogen-bond acceptors (Lipinski definition) is 6. The summed E-state index contributed by atoms with van der Waals surface area (Å²) in [4.78, 5) is 0. The zero-order valence-electron chi connectivity index (χ0n) is 28.1. The molecule has 1 aliphatic rings. The first-order valence-corrected chi connectivity index (χ1v) is 17.2. The van der Waals surface area contributed by atoms with Crippen molar-refractivity contribution in [2.75, 3.05) is 26.3 Å². The van der Waals surface area contributed by atoms with E-state index in [4.69, 9.17) is 18.9 Å². The predicted octanol–water partition coefficient (Wildman–Crippen LogP) is 8.80. The number of fused-ring (bicyclic) bond motifs is 1. The van der Waals surface area contributed by atoms with E-state index in [2.05, 4.69) is 66.0 Å². The summed E-state index contributed by atoms with van der Waals surface area (Å²) in [5, 5.41) is 14.0. The quantitative estimate of drug-likeness (QED) is 0.100. The van der Waals surface area contributed by atoms with E-state index in [9.17, 15) is 5.11 Å². The van der Waals surface area contributed by atoms with Crippen LogP contribution in [0, 0.1) is 0 Å². The number of aliphatic hydroxyl groups excluding tert-OH is 1. The summed E-state index contributed by atoms with van der Waals surface area (Å²) < 4.78 is 23.4. The van der Waals surface area contributed by atoms with Crippen LogP contribution in [0.3, 0.4) is 0 Å². The first kappa shape index (κ1) is 34.6. The first-order chi connectivity index (χ1) is 22.9. The molecule has 5 rings (SSSR count). The predicted molar refractivity (Wildman–Crippen MR) is 189 cm³/mol. The Hall–Kier alpha value is -3.68. The normalized spacial score (nSPS) is 14.3. The topological polar surface area (TPSA) is 69.2 Å². The molecule has 1 aliphatic heterocycles. The SMILES string of the molecule is CC1(C)OCc2cc([C@@H](O)CNCCCCCCOCCCCc3cccc(-c4ccc(OCc5ccccc5)cc4)c3)ccc2O1. The largest absolute Gasteiger partial charge is 0.489 e. The lowest BCUT2D eigenvalue weighted by Gasteiger charge is -2.33. The van der Waals surface area contributed by atoms with Crippen LogP contribution in [0.4, 0.5) is 0 Å². The van der Waals surface area contributed by atoms with Crippen molar-refractivity contribution in [3.8, 4) is 22.6 Å². The van der Waals surface area contributed by atoms with Gasteiger partial charge in [-0.15, -0.1) is 0 Å². The highest BCUT2D eigenvalue weighted by atomic mass is 16.7. The molecule has 0 fully saturated rings. The molecule has 1 heterocycles. The van der Waals surface area contributed by atoms with Gasteiger partial charge in [-0.2, -0.15) is 0 Å². The fraction of sp³-hybridized carbons (Fsp3) is 0.415. The van der Waals surface area contributed by atoms with Gasteiger partial charge < -0.3 is 29.4 Å². The summed E-state index contributed by atoms with van der Waals surface area (Å²) in [6, 6.07) is 33.3. The van der Waals surface area contributed by atoms with E-state index in [0.717, 1.165) is 80.9 Å². The molecule has 0 saturated carbocycles. The molecule has 0 bridgehead atoms. The Morgan fingerprint density at radius 3 is 2.36 bits per heavy atom. The van der Waals surface area contributed by atoms with Crippen LogP contribution in [0.1, 0.15) is 80.7 Å². The molecule has 6 nitrogen and oxygen atoms in total. The number of rotatable bonds is 19. The third-order valence-corrected chi connectivity index (χ3v) is 8.50. The van der Waals surface area contributed by atoms with E-state index in [1.807, 2.05) is 50.2 Å². The second-order valence-electron chi connectivity index (χ2n) is 12.9. The Morgan fingerprint density at radius 1 is 0.766 bits per heavy atom. The molecular weight excluding hydrogens is 586 g/mol. The van der Waals surface area contributed by atoms with Gasteiger partial charge in [0.2, 0.25) is 5.79 Å². The van der Waals surface area contributed by atoms with E-state index in [1.54, 1.807) is 0 Å². The molecule has 4 aromatic carbocycles. The molecule has 0 unspecified atom stereocenters. The maximum absolute atomic E-state index is 10.6. The van der Waals surface area contributed by atoms with Crippen LogP contribution in [-0.4, -0.2) is 37.2 Å². The van der Waals surface area contributed by atoms with Crippen LogP contribution in [0.25, 0.3) is 11.1 Å². The van der Waals surface area contributed by atoms with Crippen molar-refractivity contribution in [3.63, 3.8) is 0 Å². The van der Waals surface area contributed by atoms with Crippen LogP contribution in [0.2, 0.25) is 0 Å². The van der Waals surface area contributed by atoms with Crippen LogP contribution in [0.5, 0.6) is 11.5 Å². The number of nitrogens with one attached hydrogen (secondary N) is 1. The molecule has 0 saturated heterocycles. The number of benzene rings is 4. The fourth-order valence-electron chi connectivity index (χ4n) is 5.76. The number of aliphatic hydroxyl groups is 1. The zero-order valence-corrected chi connectivity index (χ0v) is 28.1. The minimum atomic E-state index is -0.607. The molecule has 0 aliphatic carbocycles. The summed E-state index contributed by atoms with van der Waals surface area (Å²) in [6.07, 6.45) is 7.23. The lowest BCUT2D eigenvalue weighted by atomic mass is 10.0. The first-order valence-electron chi connectivity index (χ1n) is 17.2. The van der Waals surface area contributed by atoms with Crippen molar-refractivity contribution < 1.29 is 24.1 Å². The maximum Gasteiger partial charge on any atom is 0.205 e. The van der Waals surface area contributed by atoms with E-state index >= 15 is 0 Å². The smallest absolute Gasteiger partial charge is 0.205 e. The molecule has 0 radical (unpaired) electrons. The summed E-state index contributed by atoms with van der Waals surface area (Å²) in [7, 11) is 0. The highest BCUT2D eigenvalue weighted by Gasteiger charge is 2.27. The lowest BCUT2D eigenvalue weighted by Crippen LogP contribution is -2.35. The van der Waals surface area contributed by atoms with Gasteiger partial charge in [0.1, 0.15) is 18.1 Å². The van der Waals surface area contributed by atoms with Gasteiger partial charge in [0.05, 0.1) is 12.7 Å². The van der Waals surface area contributed by atoms with E-state index in [0.29, 0.717) is 19.8 Å². The summed E-state index contributed by atoms with van der Waals surface area (Å²) in [6.45, 7) is 7.98. The monoisotopic (exact) mass is 637 g/mol. The van der Waals surface area contributed by atoms with Gasteiger partial charge in [-0.25, -0.2) is 0 Å². The van der Waals surface area contributed by atoms with Crippen molar-refractivity contribution in [1.29, 1.82) is 0 Å². The van der Waals surface area contributed by atoms with Crippen molar-refractivity contribution in [2.24, 2.45) is 0 Å². The number of hydrogen-bond donors (Lipinski definition) is 2. The molecule has 4 aromatic rings. The second-order valence-corrected chi connectivity index (χ2v) is 12.9. The lowest BCUT2D eigenvalue weighted by molar-refractivity contribution is -0.180. The third kappa shape index (κ3) is 11.5. The van der Waals surface area contributed by atoms with Crippen molar-refractivity contribution in [2.45, 2.75) is 83.9 Å². The third-order valence-electron chi connectivity index (χ3n) is 8.50. The Balaban J connectivity index is 0.868. The molecule has 0 amide bonds. The van der Waals surface area contributed by atoms with Gasteiger partial charge in [0, 0.05) is 39.2 Å². The Morgan fingerprint density at radius 2 is 1.53 bits per heavy atom. The Kier molecular flexibility index (Phi) is 13.3. The minimum Gasteiger partial charge on any atom is -0.489 e. The number of unbranched alkanes of at least 4 members (excludes halogenated alkanes) is 4. The van der Waals surface area contributed by atoms with E-state index in [1.165, 1.54) is 28.7 Å². The Bertz CT molecular complexity index is 1490. The average Bonchev–Trinajstić information content (AvgIpc) is 3.09. The average molecular weight is 638 g/mol. The van der Waals surface area contributed by atoms with Gasteiger partial charge in [-0.3, -0.25) is 0 Å². The highest BCUT2D eigenvalue weighted by Crippen LogP contribution is 2.33. The molecule has 0 aromatic heterocycles. The molecule has 250 valence electrons. The molecule has 47 heavy (non-hydrogen) atoms. The van der Waals surface area contributed by atoms with Gasteiger partial charge >= 0.3 is 0 Å². The zero-order chi connectivity index (χ0) is 32.7. The second kappa shape index (κ2) is 18.0. The van der Waals surface area contributed by atoms with Crippen LogP contribution >= 0.6 is 0 Å². The minimum absolute atomic E-state index is 0.498. The molecule has 2 N–H and O–H groups in total. The summed E-state index contributed by atoms with van der Waals surface area (Å²) in [5.41, 5.74) is 6.85. The van der Waals surface area contributed by atoms with Crippen molar-refractivity contribution in [1.82, 2.24) is 5.32 Å². The molecular formula is C41H51NO5. The number of ether oxygens (including phenoxy) is 4. The van der Waals surface area contributed by atoms with Crippen LogP contribution in [0.15, 0.2) is 97.1 Å². The van der Waals surface area contributed by atoms with Crippen LogP contribution in [-0.2, 0) is 29.1 Å². The molecule has 1 atom stereocenters. The van der Waals surface area contributed by atoms with Gasteiger partial charge in [-0.1, -0.05) is 85.6 Å². The molecule has 6 heteroatoms. The number of aryl methyl sites for hydroxylation is 1. The molecule has 0 spiro atoms. The Labute approximate surface area is 281 Å². The van der Waals surface area contributed by atoms with Crippen molar-refractivity contribution >= 4 is 0 Å². The fourth-order valence-corrected chi connectivity index (χ4v) is 5.76. The van der Waals surface area contributed by atoms with Gasteiger partial charge in [0.15, 0.2) is 0 Å². The highest BCUT2D eigenvalue weighted by molar-refractivity contribution is 5.65. The summed E-state index contributed by atoms with van der Waals surface area (Å²) >= 11 is 0. The standard InChI is InChI=1S/C41H51NO5/c1-41(2)46-31-37-28-36(20-23-40(37)47-41)39(43)29-42-24-9-3-4-10-25-44-26-11-8-13-32-16-12-17-35(27-32)34-18-21-38(22-19-34)45-30-33-14-6-5-7-15-33/h5-7,12,14-23,27-28,39,42-43H,3-4,8-11,13,24-26,29-31H2,1-2H3/t39-/m0/s1. The summed E-state index contributed by atoms with van der Waals surface area (Å²) in [5.74, 6) is 1.11. The maximum atomic E-state index is 10.6. The van der Waals surface area contributed by atoms with E-state index in [-0.39, 0.29) is 0 Å². The van der Waals surface area contributed by atoms with Gasteiger partial charge in [0.25, 0.3) is 0 Å². The van der Waals surface area contributed by atoms with Crippen molar-refractivity contribution in [3.05, 3.63) is 119 Å². The van der Waals surface area contributed by atoms with Gasteiger partial charge in [-0.05, 0) is 90.7 Å². The van der Waals surface area contributed by atoms with Crippen LogP contribution < -0.4 is 14.8 Å².